The first-order valence-corrected chi connectivity index (χ1v) is 43.6. The first-order valence-electron chi connectivity index (χ1n) is 43.6. The summed E-state index contributed by atoms with van der Waals surface area (Å²) in [5.41, 5.74) is 27.7. The van der Waals surface area contributed by atoms with E-state index in [1.54, 1.807) is 15.8 Å². The van der Waals surface area contributed by atoms with Gasteiger partial charge in [0.05, 0.1) is 0 Å². The molecule has 2 aromatic rings. The van der Waals surface area contributed by atoms with Crippen molar-refractivity contribution in [1.82, 2.24) is 0 Å². The smallest absolute Gasteiger partial charge is 0.493 e. The Hall–Kier alpha value is -1.82. The van der Waals surface area contributed by atoms with Crippen LogP contribution in [0.5, 0.6) is 0 Å². The van der Waals surface area contributed by atoms with Crippen molar-refractivity contribution < 1.29 is 25.1 Å². The monoisotopic (exact) mass is 1420 g/mol. The maximum Gasteiger partial charge on any atom is 2.00 e. The van der Waals surface area contributed by atoms with E-state index in [2.05, 4.69) is 107 Å². The zero-order chi connectivity index (χ0) is 69.1. The van der Waals surface area contributed by atoms with Crippen LogP contribution in [0.4, 0.5) is 0 Å². The Morgan fingerprint density at radius 2 is 0.458 bits per heavy atom. The fraction of sp³-hybridized carbons (Fsp3) is 0.806. The Morgan fingerprint density at radius 1 is 0.250 bits per heavy atom. The quantitative estimate of drug-likeness (QED) is 0.0273. The van der Waals surface area contributed by atoms with Gasteiger partial charge in [-0.25, -0.2) is 4.70 Å². The first-order chi connectivity index (χ1) is 46.8. The molecule has 0 amide bonds. The molecular formula is C93H168N2Pd. The van der Waals surface area contributed by atoms with Crippen molar-refractivity contribution in [1.29, 1.82) is 0 Å². The average molecular weight is 1420 g/mol. The Kier molecular flexibility index (Phi) is 70.2. The van der Waals surface area contributed by atoms with E-state index in [0.717, 1.165) is 56.3 Å². The topological polar surface area (TPSA) is 25.3 Å². The molecule has 3 rings (SSSR count). The van der Waals surface area contributed by atoms with Crippen molar-refractivity contribution in [2.45, 2.75) is 486 Å². The fourth-order valence-corrected chi connectivity index (χ4v) is 14.6. The molecule has 0 bridgehead atoms. The van der Waals surface area contributed by atoms with Gasteiger partial charge in [-0.1, -0.05) is 383 Å². The third kappa shape index (κ3) is 48.9. The van der Waals surface area contributed by atoms with Crippen LogP contribution in [-0.2, 0) is 58.9 Å². The number of hydrogen-bond acceptors (Lipinski definition) is 0. The summed E-state index contributed by atoms with van der Waals surface area (Å²) in [7, 11) is 0. The Labute approximate surface area is 618 Å². The van der Waals surface area contributed by atoms with Crippen molar-refractivity contribution in [3.05, 3.63) is 99.8 Å². The summed E-state index contributed by atoms with van der Waals surface area (Å²) in [6.07, 6.45) is 91.4. The molecule has 2 nitrogen and oxygen atoms in total. The molecule has 560 valence electrons. The molecule has 0 atom stereocenters. The van der Waals surface area contributed by atoms with Crippen LogP contribution in [0.1, 0.15) is 492 Å². The molecule has 1 aliphatic rings. The number of allylic oxidation sites excluding steroid dienone is 2. The molecule has 0 fully saturated rings. The van der Waals surface area contributed by atoms with Gasteiger partial charge in [-0.05, 0) is 148 Å². The van der Waals surface area contributed by atoms with Gasteiger partial charge in [-0.3, -0.25) is 0 Å². The molecule has 0 saturated heterocycles. The van der Waals surface area contributed by atoms with Gasteiger partial charge in [0.2, 0.25) is 11.4 Å². The minimum atomic E-state index is 0. The average Bonchev–Trinajstić information content (AvgIpc) is 1.56. The summed E-state index contributed by atoms with van der Waals surface area (Å²) in [5.74, 6) is 0. The van der Waals surface area contributed by atoms with Crippen molar-refractivity contribution in [2.75, 3.05) is 0 Å². The standard InChI is InChI=1S/C55H90N2.2C19H39.Pd/c1-8-15-22-23-24-25-26-27-28-29-30-31-32-37-49-44-54(50-40-45(33-16-9-2)52(38-20-13-6)46(41-50)34-17-10-3)57(56)55(49)51-42-47(35-18-11-4)53(39-21-14-7)48(43-51)36-19-12-5;2*1-3-5-7-9-11-13-15-17-19-18-16-14-12-10-8-6-4-2;/h40-44H,8-39H2,1-7H3;2*1,3-19H2,2H3;/q;2*-1;+2. The van der Waals surface area contributed by atoms with Crippen LogP contribution in [0.3, 0.4) is 0 Å². The Morgan fingerprint density at radius 3 is 0.698 bits per heavy atom. The Bertz CT molecular complexity index is 1950. The fourth-order valence-electron chi connectivity index (χ4n) is 14.6. The Balaban J connectivity index is 0.00000188. The van der Waals surface area contributed by atoms with Gasteiger partial charge < -0.3 is 19.4 Å². The second-order valence-corrected chi connectivity index (χ2v) is 30.2. The van der Waals surface area contributed by atoms with E-state index >= 15 is 0 Å². The second-order valence-electron chi connectivity index (χ2n) is 30.2. The molecule has 3 heteroatoms. The SMILES string of the molecule is CCCCCCCCCCCCCCCC1=C(c2cc(CCCC)c(CCCC)c(CCCC)c2)[N+](=[N-])C(c2cc(CCCC)c(CCCC)c(CCCC)c2)=C1.[CH2-]CCCCCCCCCCCCCCCCCC.[CH2-]CCCCCCCCCCCCCCCCCC.[Pd+2]. The molecule has 0 unspecified atom stereocenters. The summed E-state index contributed by atoms with van der Waals surface area (Å²) in [5, 5.41) is 0. The van der Waals surface area contributed by atoms with E-state index in [1.807, 2.05) is 0 Å². The maximum absolute atomic E-state index is 12.5. The molecule has 2 aromatic carbocycles. The number of hydrogen-bond donors (Lipinski definition) is 0. The predicted octanol–water partition coefficient (Wildman–Crippen LogP) is 33.0. The third-order valence-corrected chi connectivity index (χ3v) is 21.0. The first kappa shape index (κ1) is 94.2. The van der Waals surface area contributed by atoms with Crippen molar-refractivity contribution >= 4 is 11.4 Å². The molecule has 0 saturated carbocycles. The van der Waals surface area contributed by atoms with Gasteiger partial charge in [-0.15, -0.1) is 0 Å². The third-order valence-electron chi connectivity index (χ3n) is 21.0. The second kappa shape index (κ2) is 71.6. The molecule has 96 heavy (non-hydrogen) atoms. The summed E-state index contributed by atoms with van der Waals surface area (Å²) < 4.78 is 1.64. The summed E-state index contributed by atoms with van der Waals surface area (Å²) >= 11 is 0. The zero-order valence-electron chi connectivity index (χ0n) is 66.7. The van der Waals surface area contributed by atoms with Crippen LogP contribution >= 0.6 is 0 Å². The van der Waals surface area contributed by atoms with Crippen LogP contribution in [0, 0.1) is 13.8 Å². The van der Waals surface area contributed by atoms with Gasteiger partial charge in [-0.2, -0.15) is 12.8 Å². The van der Waals surface area contributed by atoms with Crippen LogP contribution in [-0.4, -0.2) is 4.70 Å². The molecule has 0 radical (unpaired) electrons. The minimum Gasteiger partial charge on any atom is -0.493 e. The summed E-state index contributed by atoms with van der Waals surface area (Å²) in [6, 6.07) is 9.96. The van der Waals surface area contributed by atoms with Crippen LogP contribution in [0.25, 0.3) is 16.9 Å². The van der Waals surface area contributed by atoms with Gasteiger partial charge in [0.25, 0.3) is 0 Å². The van der Waals surface area contributed by atoms with Crippen molar-refractivity contribution in [3.8, 4) is 0 Å². The zero-order valence-corrected chi connectivity index (χ0v) is 68.2. The molecule has 0 spiro atoms. The minimum absolute atomic E-state index is 0. The predicted molar refractivity (Wildman–Crippen MR) is 432 cm³/mol. The van der Waals surface area contributed by atoms with Gasteiger partial charge in [0.15, 0.2) is 0 Å². The summed E-state index contributed by atoms with van der Waals surface area (Å²) in [4.78, 5) is 0. The van der Waals surface area contributed by atoms with Crippen molar-refractivity contribution in [3.63, 3.8) is 0 Å². The van der Waals surface area contributed by atoms with Crippen LogP contribution in [0.15, 0.2) is 35.9 Å². The van der Waals surface area contributed by atoms with Crippen molar-refractivity contribution in [2.24, 2.45) is 0 Å². The van der Waals surface area contributed by atoms with E-state index in [9.17, 15) is 5.53 Å². The maximum atomic E-state index is 12.5. The van der Waals surface area contributed by atoms with Gasteiger partial charge >= 0.3 is 20.4 Å². The molecule has 0 aliphatic carbocycles. The van der Waals surface area contributed by atoms with Crippen LogP contribution < -0.4 is 0 Å². The van der Waals surface area contributed by atoms with E-state index in [4.69, 9.17) is 0 Å². The molecular weight excluding hydrogens is 1250 g/mol. The molecule has 1 heterocycles. The molecule has 0 N–H and O–H groups in total. The number of nitrogens with zero attached hydrogens (tertiary/aromatic N) is 2. The largest absolute Gasteiger partial charge is 2.00 e. The molecule has 0 aromatic heterocycles. The number of aryl methyl sites for hydroxylation is 4. The molecule has 1 aliphatic heterocycles. The number of benzene rings is 2. The van der Waals surface area contributed by atoms with E-state index in [-0.39, 0.29) is 20.4 Å². The van der Waals surface area contributed by atoms with E-state index < -0.39 is 0 Å². The number of unbranched alkanes of at least 4 members (excludes halogenated alkanes) is 50. The van der Waals surface area contributed by atoms with Crippen LogP contribution in [0.2, 0.25) is 0 Å². The number of rotatable bonds is 66. The summed E-state index contributed by atoms with van der Waals surface area (Å²) in [6.45, 7) is 28.6. The normalized spacial score (nSPS) is 12.1. The van der Waals surface area contributed by atoms with Gasteiger partial charge in [0.1, 0.15) is 0 Å². The van der Waals surface area contributed by atoms with Gasteiger partial charge in [0, 0.05) is 22.8 Å². The van der Waals surface area contributed by atoms with E-state index in [1.165, 1.54) is 418 Å². The van der Waals surface area contributed by atoms with E-state index in [0.29, 0.717) is 0 Å².